The third-order valence-electron chi connectivity index (χ3n) is 2.52. The van der Waals surface area contributed by atoms with Crippen LogP contribution in [0.2, 0.25) is 0 Å². The number of nitrogens with one attached hydrogen (secondary N) is 2. The van der Waals surface area contributed by atoms with Crippen molar-refractivity contribution in [1.29, 1.82) is 0 Å². The summed E-state index contributed by atoms with van der Waals surface area (Å²) in [5.41, 5.74) is 2.31. The van der Waals surface area contributed by atoms with Gasteiger partial charge >= 0.3 is 0 Å². The quantitative estimate of drug-likeness (QED) is 0.882. The molecule has 0 atom stereocenters. The Labute approximate surface area is 112 Å². The van der Waals surface area contributed by atoms with E-state index in [1.807, 2.05) is 18.2 Å². The molecule has 1 heterocycles. The van der Waals surface area contributed by atoms with Gasteiger partial charge in [0.05, 0.1) is 0 Å². The maximum atomic E-state index is 12.1. The number of anilines is 2. The second-order valence-electron chi connectivity index (χ2n) is 4.57. The molecule has 0 bridgehead atoms. The maximum Gasteiger partial charge on any atom is 0.255 e. The van der Waals surface area contributed by atoms with Crippen molar-refractivity contribution < 1.29 is 4.79 Å². The van der Waals surface area contributed by atoms with Gasteiger partial charge in [-0.25, -0.2) is 0 Å². The topological polar surface area (TPSA) is 54.0 Å². The Morgan fingerprint density at radius 2 is 1.84 bits per heavy atom. The second-order valence-corrected chi connectivity index (χ2v) is 4.57. The number of rotatable bonds is 4. The van der Waals surface area contributed by atoms with E-state index in [0.717, 1.165) is 11.4 Å². The van der Waals surface area contributed by atoms with Gasteiger partial charge < -0.3 is 10.6 Å². The minimum absolute atomic E-state index is 0.126. The fourth-order valence-corrected chi connectivity index (χ4v) is 1.72. The van der Waals surface area contributed by atoms with Gasteiger partial charge in [-0.15, -0.1) is 0 Å². The number of pyridine rings is 1. The molecule has 0 aliphatic rings. The van der Waals surface area contributed by atoms with Crippen molar-refractivity contribution in [3.8, 4) is 0 Å². The van der Waals surface area contributed by atoms with E-state index in [9.17, 15) is 4.79 Å². The minimum atomic E-state index is -0.126. The summed E-state index contributed by atoms with van der Waals surface area (Å²) in [7, 11) is 0. The number of carbonyl (C=O) groups excluding carboxylic acids is 1. The van der Waals surface area contributed by atoms with Crippen molar-refractivity contribution in [3.05, 3.63) is 54.4 Å². The highest BCUT2D eigenvalue weighted by Crippen LogP contribution is 2.13. The van der Waals surface area contributed by atoms with Crippen LogP contribution in [0.5, 0.6) is 0 Å². The van der Waals surface area contributed by atoms with Gasteiger partial charge in [0, 0.05) is 35.4 Å². The van der Waals surface area contributed by atoms with Gasteiger partial charge in [0.15, 0.2) is 0 Å². The smallest absolute Gasteiger partial charge is 0.255 e. The predicted molar refractivity (Wildman–Crippen MR) is 77.4 cm³/mol. The molecule has 19 heavy (non-hydrogen) atoms. The minimum Gasteiger partial charge on any atom is -0.383 e. The molecule has 0 aliphatic heterocycles. The number of aromatic nitrogens is 1. The zero-order valence-corrected chi connectivity index (χ0v) is 11.1. The molecule has 0 fully saturated rings. The standard InChI is InChI=1S/C15H17N3O/c1-11(2)17-14-5-3-4-12(10-14)15(19)18-13-6-8-16-9-7-13/h3-11,17H,1-2H3,(H,16,18,19). The number of nitrogens with zero attached hydrogens (tertiary/aromatic N) is 1. The van der Waals surface area contributed by atoms with Crippen LogP contribution >= 0.6 is 0 Å². The number of hydrogen-bond acceptors (Lipinski definition) is 3. The third kappa shape index (κ3) is 3.81. The van der Waals surface area contributed by atoms with Crippen LogP contribution in [0.1, 0.15) is 24.2 Å². The van der Waals surface area contributed by atoms with Crippen LogP contribution in [0.25, 0.3) is 0 Å². The van der Waals surface area contributed by atoms with Crippen LogP contribution in [0.15, 0.2) is 48.8 Å². The predicted octanol–water partition coefficient (Wildman–Crippen LogP) is 3.15. The molecule has 2 N–H and O–H groups in total. The highest BCUT2D eigenvalue weighted by atomic mass is 16.1. The summed E-state index contributed by atoms with van der Waals surface area (Å²) < 4.78 is 0. The lowest BCUT2D eigenvalue weighted by Gasteiger charge is -2.11. The molecule has 0 saturated carbocycles. The highest BCUT2D eigenvalue weighted by molar-refractivity contribution is 6.04. The summed E-state index contributed by atoms with van der Waals surface area (Å²) in [6, 6.07) is 11.3. The van der Waals surface area contributed by atoms with Crippen molar-refractivity contribution in [3.63, 3.8) is 0 Å². The lowest BCUT2D eigenvalue weighted by atomic mass is 10.1. The Kier molecular flexibility index (Phi) is 4.13. The Morgan fingerprint density at radius 1 is 1.11 bits per heavy atom. The van der Waals surface area contributed by atoms with Crippen molar-refractivity contribution in [2.75, 3.05) is 10.6 Å². The van der Waals surface area contributed by atoms with Crippen molar-refractivity contribution in [1.82, 2.24) is 4.98 Å². The molecule has 0 saturated heterocycles. The zero-order chi connectivity index (χ0) is 13.7. The van der Waals surface area contributed by atoms with E-state index in [1.165, 1.54) is 0 Å². The molecular weight excluding hydrogens is 238 g/mol. The van der Waals surface area contributed by atoms with Gasteiger partial charge in [-0.1, -0.05) is 6.07 Å². The first-order valence-corrected chi connectivity index (χ1v) is 6.23. The van der Waals surface area contributed by atoms with E-state index in [4.69, 9.17) is 0 Å². The van der Waals surface area contributed by atoms with Crippen LogP contribution in [0.3, 0.4) is 0 Å². The van der Waals surface area contributed by atoms with Crippen molar-refractivity contribution in [2.24, 2.45) is 0 Å². The molecule has 2 rings (SSSR count). The Morgan fingerprint density at radius 3 is 2.53 bits per heavy atom. The van der Waals surface area contributed by atoms with Gasteiger partial charge in [0.25, 0.3) is 5.91 Å². The van der Waals surface area contributed by atoms with Crippen LogP contribution in [-0.4, -0.2) is 16.9 Å². The Balaban J connectivity index is 2.11. The van der Waals surface area contributed by atoms with Crippen LogP contribution in [0, 0.1) is 0 Å². The Bertz CT molecular complexity index is 552. The van der Waals surface area contributed by atoms with E-state index >= 15 is 0 Å². The molecule has 4 nitrogen and oxygen atoms in total. The van der Waals surface area contributed by atoms with E-state index in [-0.39, 0.29) is 5.91 Å². The first-order chi connectivity index (χ1) is 9.15. The molecule has 2 aromatic rings. The van der Waals surface area contributed by atoms with Crippen LogP contribution in [-0.2, 0) is 0 Å². The number of carbonyl (C=O) groups is 1. The lowest BCUT2D eigenvalue weighted by molar-refractivity contribution is 0.102. The molecule has 0 unspecified atom stereocenters. The molecule has 1 aromatic heterocycles. The van der Waals surface area contributed by atoms with Crippen LogP contribution < -0.4 is 10.6 Å². The van der Waals surface area contributed by atoms with Crippen LogP contribution in [0.4, 0.5) is 11.4 Å². The summed E-state index contributed by atoms with van der Waals surface area (Å²) >= 11 is 0. The first-order valence-electron chi connectivity index (χ1n) is 6.23. The molecule has 98 valence electrons. The van der Waals surface area contributed by atoms with E-state index in [2.05, 4.69) is 29.5 Å². The van der Waals surface area contributed by atoms with Crippen molar-refractivity contribution in [2.45, 2.75) is 19.9 Å². The van der Waals surface area contributed by atoms with Gasteiger partial charge in [-0.2, -0.15) is 0 Å². The summed E-state index contributed by atoms with van der Waals surface area (Å²) in [5, 5.41) is 6.11. The highest BCUT2D eigenvalue weighted by Gasteiger charge is 2.06. The molecule has 4 heteroatoms. The molecule has 0 radical (unpaired) electrons. The number of hydrogen-bond donors (Lipinski definition) is 2. The third-order valence-corrected chi connectivity index (χ3v) is 2.52. The largest absolute Gasteiger partial charge is 0.383 e. The first kappa shape index (κ1) is 13.1. The second kappa shape index (κ2) is 6.00. The zero-order valence-electron chi connectivity index (χ0n) is 11.1. The molecule has 0 spiro atoms. The average Bonchev–Trinajstić information content (AvgIpc) is 2.39. The van der Waals surface area contributed by atoms with Gasteiger partial charge in [0.2, 0.25) is 0 Å². The molecule has 1 aromatic carbocycles. The van der Waals surface area contributed by atoms with Gasteiger partial charge in [0.1, 0.15) is 0 Å². The normalized spacial score (nSPS) is 10.3. The van der Waals surface area contributed by atoms with E-state index < -0.39 is 0 Å². The van der Waals surface area contributed by atoms with E-state index in [0.29, 0.717) is 11.6 Å². The SMILES string of the molecule is CC(C)Nc1cccc(C(=O)Nc2ccncc2)c1. The summed E-state index contributed by atoms with van der Waals surface area (Å²) in [4.78, 5) is 16.0. The van der Waals surface area contributed by atoms with Crippen molar-refractivity contribution >= 4 is 17.3 Å². The fraction of sp³-hybridized carbons (Fsp3) is 0.200. The molecule has 1 amide bonds. The average molecular weight is 255 g/mol. The lowest BCUT2D eigenvalue weighted by Crippen LogP contribution is -2.14. The summed E-state index contributed by atoms with van der Waals surface area (Å²) in [6.07, 6.45) is 3.29. The number of benzene rings is 1. The molecular formula is C15H17N3O. The maximum absolute atomic E-state index is 12.1. The molecule has 0 aliphatic carbocycles. The number of amides is 1. The summed E-state index contributed by atoms with van der Waals surface area (Å²) in [6.45, 7) is 4.12. The van der Waals surface area contributed by atoms with Gasteiger partial charge in [-0.05, 0) is 44.2 Å². The monoisotopic (exact) mass is 255 g/mol. The van der Waals surface area contributed by atoms with Gasteiger partial charge in [-0.3, -0.25) is 9.78 Å². The summed E-state index contributed by atoms with van der Waals surface area (Å²) in [5.74, 6) is -0.126. The van der Waals surface area contributed by atoms with E-state index in [1.54, 1.807) is 30.6 Å². The fourth-order valence-electron chi connectivity index (χ4n) is 1.72. The Hall–Kier alpha value is -2.36.